The molecule has 0 radical (unpaired) electrons. The molecule has 0 spiro atoms. The first-order chi connectivity index (χ1) is 17.4. The number of nitrogens with zero attached hydrogens (tertiary/aromatic N) is 2. The Morgan fingerprint density at radius 1 is 1.03 bits per heavy atom. The third-order valence-electron chi connectivity index (χ3n) is 6.20. The normalized spacial score (nSPS) is 17.1. The molecule has 0 saturated carbocycles. The molecule has 0 aliphatic carbocycles. The molecule has 1 aliphatic heterocycles. The topological polar surface area (TPSA) is 96.8 Å². The Kier molecular flexibility index (Phi) is 6.12. The smallest absolute Gasteiger partial charge is 0.337 e. The Bertz CT molecular complexity index is 1520. The highest BCUT2D eigenvalue weighted by Crippen LogP contribution is 2.44. The molecular weight excluding hydrogens is 476 g/mol. The molecule has 7 nitrogen and oxygen atoms in total. The minimum absolute atomic E-state index is 0.0366. The van der Waals surface area contributed by atoms with Gasteiger partial charge in [0.25, 0.3) is 5.78 Å². The second-order valence-corrected chi connectivity index (χ2v) is 9.31. The SMILES string of the molecule is CCc1ccc2nc(N3C(=O)C(=O)C(=C(O)c4ccccc4)[C@H]3c3ccc(C(=O)OC)cc3)sc2c1. The molecule has 0 bridgehead atoms. The summed E-state index contributed by atoms with van der Waals surface area (Å²) < 4.78 is 5.68. The highest BCUT2D eigenvalue weighted by molar-refractivity contribution is 7.22. The molecule has 36 heavy (non-hydrogen) atoms. The average Bonchev–Trinajstić information content (AvgIpc) is 3.45. The van der Waals surface area contributed by atoms with Gasteiger partial charge in [0.1, 0.15) is 5.76 Å². The minimum Gasteiger partial charge on any atom is -0.507 e. The fourth-order valence-electron chi connectivity index (χ4n) is 4.30. The molecule has 1 aromatic heterocycles. The van der Waals surface area contributed by atoms with Crippen LogP contribution in [0.2, 0.25) is 0 Å². The summed E-state index contributed by atoms with van der Waals surface area (Å²) >= 11 is 1.31. The number of anilines is 1. The Hall–Kier alpha value is -4.30. The summed E-state index contributed by atoms with van der Waals surface area (Å²) in [6, 6.07) is 20.0. The van der Waals surface area contributed by atoms with Crippen LogP contribution in [0.3, 0.4) is 0 Å². The molecule has 1 saturated heterocycles. The van der Waals surface area contributed by atoms with Gasteiger partial charge in [0.15, 0.2) is 5.13 Å². The largest absolute Gasteiger partial charge is 0.507 e. The van der Waals surface area contributed by atoms with Crippen LogP contribution in [0.1, 0.15) is 40.0 Å². The number of rotatable bonds is 5. The van der Waals surface area contributed by atoms with E-state index in [0.29, 0.717) is 21.8 Å². The minimum atomic E-state index is -0.928. The van der Waals surface area contributed by atoms with Gasteiger partial charge in [-0.2, -0.15) is 0 Å². The Balaban J connectivity index is 1.70. The number of fused-ring (bicyclic) bond motifs is 1. The predicted molar refractivity (Wildman–Crippen MR) is 138 cm³/mol. The number of ether oxygens (including phenoxy) is 1. The van der Waals surface area contributed by atoms with Crippen molar-refractivity contribution in [1.29, 1.82) is 0 Å². The van der Waals surface area contributed by atoms with Crippen molar-refractivity contribution in [1.82, 2.24) is 4.98 Å². The molecule has 3 aromatic carbocycles. The van der Waals surface area contributed by atoms with Crippen LogP contribution >= 0.6 is 11.3 Å². The number of aryl methyl sites for hydroxylation is 1. The number of hydrogen-bond donors (Lipinski definition) is 1. The zero-order chi connectivity index (χ0) is 25.4. The van der Waals surface area contributed by atoms with Gasteiger partial charge in [0.05, 0.1) is 34.5 Å². The fourth-order valence-corrected chi connectivity index (χ4v) is 5.35. The first-order valence-corrected chi connectivity index (χ1v) is 12.2. The number of aliphatic hydroxyl groups is 1. The quantitative estimate of drug-likeness (QED) is 0.174. The molecule has 5 rings (SSSR count). The number of ketones is 1. The molecule has 2 heterocycles. The lowest BCUT2D eigenvalue weighted by Gasteiger charge is -2.23. The van der Waals surface area contributed by atoms with E-state index >= 15 is 0 Å². The van der Waals surface area contributed by atoms with Crippen molar-refractivity contribution in [3.8, 4) is 0 Å². The van der Waals surface area contributed by atoms with Crippen LogP contribution in [0.15, 0.2) is 78.4 Å². The lowest BCUT2D eigenvalue weighted by atomic mass is 9.95. The van der Waals surface area contributed by atoms with Crippen molar-refractivity contribution in [2.75, 3.05) is 12.0 Å². The molecule has 1 amide bonds. The van der Waals surface area contributed by atoms with Crippen LogP contribution in [0.4, 0.5) is 5.13 Å². The number of carbonyl (C=O) groups is 3. The van der Waals surface area contributed by atoms with Crippen molar-refractivity contribution in [3.63, 3.8) is 0 Å². The van der Waals surface area contributed by atoms with Gasteiger partial charge >= 0.3 is 11.9 Å². The Labute approximate surface area is 211 Å². The summed E-state index contributed by atoms with van der Waals surface area (Å²) in [7, 11) is 1.29. The number of benzene rings is 3. The first kappa shape index (κ1) is 23.4. The molecular formula is C28H22N2O5S. The average molecular weight is 499 g/mol. The van der Waals surface area contributed by atoms with E-state index in [-0.39, 0.29) is 11.3 Å². The van der Waals surface area contributed by atoms with E-state index in [9.17, 15) is 19.5 Å². The van der Waals surface area contributed by atoms with Gasteiger partial charge in [-0.25, -0.2) is 9.78 Å². The maximum absolute atomic E-state index is 13.4. The van der Waals surface area contributed by atoms with Crippen LogP contribution in [-0.2, 0) is 20.7 Å². The molecule has 180 valence electrons. The molecule has 1 fully saturated rings. The van der Waals surface area contributed by atoms with Gasteiger partial charge < -0.3 is 9.84 Å². The Morgan fingerprint density at radius 2 is 1.75 bits per heavy atom. The van der Waals surface area contributed by atoms with E-state index in [2.05, 4.69) is 11.9 Å². The van der Waals surface area contributed by atoms with Gasteiger partial charge in [0, 0.05) is 5.56 Å². The standard InChI is InChI=1S/C28H22N2O5S/c1-3-16-9-14-20-21(15-16)36-28(29-20)30-23(17-10-12-19(13-11-17)27(34)35-2)22(25(32)26(30)33)24(31)18-7-5-4-6-8-18/h4-15,23,31H,3H2,1-2H3/t23-/m1/s1. The summed E-state index contributed by atoms with van der Waals surface area (Å²) in [4.78, 5) is 44.6. The van der Waals surface area contributed by atoms with Gasteiger partial charge in [0.2, 0.25) is 0 Å². The summed E-state index contributed by atoms with van der Waals surface area (Å²) in [5, 5.41) is 11.5. The number of Topliss-reactive ketones (excluding diaryl/α,β-unsaturated/α-hetero) is 1. The molecule has 1 atom stereocenters. The van der Waals surface area contributed by atoms with Crippen molar-refractivity contribution < 1.29 is 24.2 Å². The molecule has 1 aliphatic rings. The van der Waals surface area contributed by atoms with E-state index in [1.807, 2.05) is 18.2 Å². The fraction of sp³-hybridized carbons (Fsp3) is 0.143. The van der Waals surface area contributed by atoms with Crippen molar-refractivity contribution in [2.24, 2.45) is 0 Å². The highest BCUT2D eigenvalue weighted by Gasteiger charge is 2.48. The van der Waals surface area contributed by atoms with E-state index in [0.717, 1.165) is 22.2 Å². The highest BCUT2D eigenvalue weighted by atomic mass is 32.1. The van der Waals surface area contributed by atoms with Crippen LogP contribution in [-0.4, -0.2) is 34.9 Å². The summed E-state index contributed by atoms with van der Waals surface area (Å²) in [5.41, 5.74) is 3.12. The third kappa shape index (κ3) is 3.95. The van der Waals surface area contributed by atoms with Crippen molar-refractivity contribution in [3.05, 3.63) is 101 Å². The second-order valence-electron chi connectivity index (χ2n) is 8.30. The van der Waals surface area contributed by atoms with E-state index in [1.165, 1.54) is 23.3 Å². The van der Waals surface area contributed by atoms with Crippen LogP contribution in [0.5, 0.6) is 0 Å². The second kappa shape index (κ2) is 9.39. The maximum Gasteiger partial charge on any atom is 0.337 e. The number of hydrogen-bond acceptors (Lipinski definition) is 7. The van der Waals surface area contributed by atoms with Crippen LogP contribution < -0.4 is 4.90 Å². The number of aromatic nitrogens is 1. The van der Waals surface area contributed by atoms with Crippen molar-refractivity contribution in [2.45, 2.75) is 19.4 Å². The molecule has 8 heteroatoms. The Morgan fingerprint density at radius 3 is 2.42 bits per heavy atom. The van der Waals surface area contributed by atoms with Gasteiger partial charge in [-0.15, -0.1) is 0 Å². The number of amides is 1. The lowest BCUT2D eigenvalue weighted by Crippen LogP contribution is -2.29. The number of carbonyl (C=O) groups excluding carboxylic acids is 3. The van der Waals surface area contributed by atoms with E-state index in [1.54, 1.807) is 54.6 Å². The van der Waals surface area contributed by atoms with Crippen molar-refractivity contribution >= 4 is 50.1 Å². The molecule has 0 unspecified atom stereocenters. The zero-order valence-electron chi connectivity index (χ0n) is 19.6. The number of esters is 1. The summed E-state index contributed by atoms with van der Waals surface area (Å²) in [6.07, 6.45) is 0.858. The van der Waals surface area contributed by atoms with Gasteiger partial charge in [-0.1, -0.05) is 66.8 Å². The first-order valence-electron chi connectivity index (χ1n) is 11.4. The molecule has 4 aromatic rings. The van der Waals surface area contributed by atoms with E-state index in [4.69, 9.17) is 4.74 Å². The predicted octanol–water partition coefficient (Wildman–Crippen LogP) is 5.27. The summed E-state index contributed by atoms with van der Waals surface area (Å²) in [6.45, 7) is 2.06. The lowest BCUT2D eigenvalue weighted by molar-refractivity contribution is -0.132. The van der Waals surface area contributed by atoms with Gasteiger partial charge in [-0.3, -0.25) is 14.5 Å². The monoisotopic (exact) mass is 498 g/mol. The van der Waals surface area contributed by atoms with Crippen LogP contribution in [0, 0.1) is 0 Å². The zero-order valence-corrected chi connectivity index (χ0v) is 20.4. The summed E-state index contributed by atoms with van der Waals surface area (Å²) in [5.74, 6) is -2.35. The molecule has 1 N–H and O–H groups in total. The van der Waals surface area contributed by atoms with Gasteiger partial charge in [-0.05, 0) is 41.8 Å². The van der Waals surface area contributed by atoms with Crippen LogP contribution in [0.25, 0.3) is 16.0 Å². The number of methoxy groups -OCH3 is 1. The van der Waals surface area contributed by atoms with E-state index < -0.39 is 23.7 Å². The maximum atomic E-state index is 13.4. The number of thiazole rings is 1. The number of aliphatic hydroxyl groups excluding tert-OH is 1. The third-order valence-corrected chi connectivity index (χ3v) is 7.21.